The third-order valence-corrected chi connectivity index (χ3v) is 2.72. The van der Waals surface area contributed by atoms with Crippen molar-refractivity contribution in [1.82, 2.24) is 4.98 Å². The molecule has 0 amide bonds. The van der Waals surface area contributed by atoms with E-state index in [2.05, 4.69) is 4.98 Å². The molecule has 0 aliphatic rings. The van der Waals surface area contributed by atoms with Gasteiger partial charge in [-0.25, -0.2) is 9.78 Å². The predicted octanol–water partition coefficient (Wildman–Crippen LogP) is 3.01. The van der Waals surface area contributed by atoms with Crippen LogP contribution in [-0.2, 0) is 6.42 Å². The summed E-state index contributed by atoms with van der Waals surface area (Å²) in [6.07, 6.45) is 0.506. The van der Waals surface area contributed by atoms with E-state index >= 15 is 0 Å². The van der Waals surface area contributed by atoms with E-state index < -0.39 is 5.97 Å². The second kappa shape index (κ2) is 5.85. The lowest BCUT2D eigenvalue weighted by molar-refractivity contribution is 0.0695. The van der Waals surface area contributed by atoms with Crippen LogP contribution in [0.25, 0.3) is 0 Å². The highest BCUT2D eigenvalue weighted by Gasteiger charge is 2.11. The number of nitriles is 1. The Kier molecular flexibility index (Phi) is 3.96. The summed E-state index contributed by atoms with van der Waals surface area (Å²) in [6.45, 7) is 1.83. The van der Waals surface area contributed by atoms with Gasteiger partial charge in [0.1, 0.15) is 5.75 Å². The molecule has 20 heavy (non-hydrogen) atoms. The molecule has 2 aromatic rings. The van der Waals surface area contributed by atoms with E-state index in [1.54, 1.807) is 24.3 Å². The van der Waals surface area contributed by atoms with E-state index in [9.17, 15) is 4.79 Å². The third-order valence-electron chi connectivity index (χ3n) is 2.72. The summed E-state index contributed by atoms with van der Waals surface area (Å²) < 4.78 is 5.54. The van der Waals surface area contributed by atoms with Gasteiger partial charge in [0.15, 0.2) is 0 Å². The van der Waals surface area contributed by atoms with Crippen molar-refractivity contribution in [3.8, 4) is 17.7 Å². The SMILES string of the molecule is CCc1nc(Oc2ccc(C#N)cc2)ccc1C(=O)O. The molecule has 2 rings (SSSR count). The highest BCUT2D eigenvalue weighted by atomic mass is 16.5. The lowest BCUT2D eigenvalue weighted by atomic mass is 10.1. The quantitative estimate of drug-likeness (QED) is 0.921. The van der Waals surface area contributed by atoms with E-state index in [0.717, 1.165) is 0 Å². The lowest BCUT2D eigenvalue weighted by Gasteiger charge is -2.08. The van der Waals surface area contributed by atoms with Gasteiger partial charge in [0.05, 0.1) is 22.9 Å². The smallest absolute Gasteiger partial charge is 0.337 e. The number of pyridine rings is 1. The summed E-state index contributed by atoms with van der Waals surface area (Å²) in [6, 6.07) is 11.6. The van der Waals surface area contributed by atoms with E-state index in [1.165, 1.54) is 12.1 Å². The first kappa shape index (κ1) is 13.6. The van der Waals surface area contributed by atoms with Gasteiger partial charge in [0.2, 0.25) is 5.88 Å². The summed E-state index contributed by atoms with van der Waals surface area (Å²) >= 11 is 0. The van der Waals surface area contributed by atoms with Gasteiger partial charge in [-0.3, -0.25) is 0 Å². The Bertz CT molecular complexity index is 673. The van der Waals surface area contributed by atoms with Crippen molar-refractivity contribution >= 4 is 5.97 Å². The van der Waals surface area contributed by atoms with Gasteiger partial charge < -0.3 is 9.84 Å². The monoisotopic (exact) mass is 268 g/mol. The maximum absolute atomic E-state index is 11.0. The van der Waals surface area contributed by atoms with Gasteiger partial charge in [-0.05, 0) is 36.8 Å². The highest BCUT2D eigenvalue weighted by Crippen LogP contribution is 2.21. The molecule has 0 spiro atoms. The molecule has 0 saturated heterocycles. The predicted molar refractivity (Wildman–Crippen MR) is 71.8 cm³/mol. The van der Waals surface area contributed by atoms with Crippen LogP contribution in [-0.4, -0.2) is 16.1 Å². The van der Waals surface area contributed by atoms with Gasteiger partial charge in [-0.2, -0.15) is 5.26 Å². The first-order valence-electron chi connectivity index (χ1n) is 6.05. The Morgan fingerprint density at radius 2 is 2.00 bits per heavy atom. The second-order valence-electron chi connectivity index (χ2n) is 4.04. The van der Waals surface area contributed by atoms with Crippen molar-refractivity contribution in [2.45, 2.75) is 13.3 Å². The lowest BCUT2D eigenvalue weighted by Crippen LogP contribution is -2.04. The molecule has 1 aromatic carbocycles. The molecule has 1 aromatic heterocycles. The molecule has 0 aliphatic heterocycles. The molecule has 1 heterocycles. The minimum absolute atomic E-state index is 0.180. The highest BCUT2D eigenvalue weighted by molar-refractivity contribution is 5.88. The zero-order valence-corrected chi connectivity index (χ0v) is 10.8. The largest absolute Gasteiger partial charge is 0.478 e. The number of aryl methyl sites for hydroxylation is 1. The van der Waals surface area contributed by atoms with Gasteiger partial charge in [-0.15, -0.1) is 0 Å². The number of hydrogen-bond donors (Lipinski definition) is 1. The summed E-state index contributed by atoms with van der Waals surface area (Å²) in [7, 11) is 0. The number of carbonyl (C=O) groups is 1. The molecule has 5 nitrogen and oxygen atoms in total. The number of rotatable bonds is 4. The number of nitrogens with zero attached hydrogens (tertiary/aromatic N) is 2. The number of benzene rings is 1. The molecule has 0 bridgehead atoms. The number of carboxylic acids is 1. The number of hydrogen-bond acceptors (Lipinski definition) is 4. The van der Waals surface area contributed by atoms with Crippen molar-refractivity contribution in [3.63, 3.8) is 0 Å². The molecule has 0 unspecified atom stereocenters. The Morgan fingerprint density at radius 3 is 2.55 bits per heavy atom. The summed E-state index contributed by atoms with van der Waals surface area (Å²) in [5, 5.41) is 17.7. The number of ether oxygens (including phenoxy) is 1. The Hall–Kier alpha value is -2.87. The number of aromatic carboxylic acids is 1. The first-order chi connectivity index (χ1) is 9.63. The van der Waals surface area contributed by atoms with Crippen molar-refractivity contribution in [2.75, 3.05) is 0 Å². The van der Waals surface area contributed by atoms with E-state index in [1.807, 2.05) is 13.0 Å². The maximum atomic E-state index is 11.0. The minimum atomic E-state index is -1.00. The van der Waals surface area contributed by atoms with Crippen molar-refractivity contribution in [3.05, 3.63) is 53.2 Å². The number of carboxylic acid groups (broad SMARTS) is 1. The fourth-order valence-corrected chi connectivity index (χ4v) is 1.72. The second-order valence-corrected chi connectivity index (χ2v) is 4.04. The minimum Gasteiger partial charge on any atom is -0.478 e. The van der Waals surface area contributed by atoms with Gasteiger partial charge >= 0.3 is 5.97 Å². The molecule has 100 valence electrons. The van der Waals surface area contributed by atoms with Gasteiger partial charge in [-0.1, -0.05) is 6.92 Å². The van der Waals surface area contributed by atoms with Crippen LogP contribution in [0.3, 0.4) is 0 Å². The van der Waals surface area contributed by atoms with Crippen LogP contribution in [0.1, 0.15) is 28.5 Å². The Morgan fingerprint density at radius 1 is 1.30 bits per heavy atom. The zero-order chi connectivity index (χ0) is 14.5. The van der Waals surface area contributed by atoms with Crippen LogP contribution in [0, 0.1) is 11.3 Å². The van der Waals surface area contributed by atoms with Gasteiger partial charge in [0, 0.05) is 6.07 Å². The van der Waals surface area contributed by atoms with Crippen molar-refractivity contribution in [2.24, 2.45) is 0 Å². The van der Waals surface area contributed by atoms with Gasteiger partial charge in [0.25, 0.3) is 0 Å². The first-order valence-corrected chi connectivity index (χ1v) is 6.05. The Balaban J connectivity index is 2.25. The fraction of sp³-hybridized carbons (Fsp3) is 0.133. The maximum Gasteiger partial charge on any atom is 0.337 e. The van der Waals surface area contributed by atoms with E-state index in [-0.39, 0.29) is 5.56 Å². The Labute approximate surface area is 116 Å². The van der Waals surface area contributed by atoms with E-state index in [4.69, 9.17) is 15.1 Å². The van der Waals surface area contributed by atoms with Crippen LogP contribution >= 0.6 is 0 Å². The summed E-state index contributed by atoms with van der Waals surface area (Å²) in [4.78, 5) is 15.2. The molecular weight excluding hydrogens is 256 g/mol. The topological polar surface area (TPSA) is 83.2 Å². The summed E-state index contributed by atoms with van der Waals surface area (Å²) in [5.41, 5.74) is 1.20. The fourth-order valence-electron chi connectivity index (χ4n) is 1.72. The van der Waals surface area contributed by atoms with E-state index in [0.29, 0.717) is 29.3 Å². The molecule has 0 radical (unpaired) electrons. The normalized spacial score (nSPS) is 9.80. The molecule has 1 N–H and O–H groups in total. The molecule has 0 saturated carbocycles. The average Bonchev–Trinajstić information content (AvgIpc) is 2.47. The molecular formula is C15H12N2O3. The van der Waals surface area contributed by atoms with Crippen LogP contribution < -0.4 is 4.74 Å². The van der Waals surface area contributed by atoms with Crippen molar-refractivity contribution < 1.29 is 14.6 Å². The average molecular weight is 268 g/mol. The molecule has 0 aliphatic carbocycles. The number of aromatic nitrogens is 1. The third kappa shape index (κ3) is 2.93. The van der Waals surface area contributed by atoms with Crippen LogP contribution in [0.4, 0.5) is 0 Å². The molecule has 0 fully saturated rings. The zero-order valence-electron chi connectivity index (χ0n) is 10.8. The molecule has 5 heteroatoms. The molecule has 0 atom stereocenters. The van der Waals surface area contributed by atoms with Crippen LogP contribution in [0.15, 0.2) is 36.4 Å². The van der Waals surface area contributed by atoms with Crippen LogP contribution in [0.5, 0.6) is 11.6 Å². The van der Waals surface area contributed by atoms with Crippen LogP contribution in [0.2, 0.25) is 0 Å². The van der Waals surface area contributed by atoms with Crippen molar-refractivity contribution in [1.29, 1.82) is 5.26 Å². The summed E-state index contributed by atoms with van der Waals surface area (Å²) in [5.74, 6) is -0.127. The standard InChI is InChI=1S/C15H12N2O3/c1-2-13-12(15(18)19)7-8-14(17-13)20-11-5-3-10(9-16)4-6-11/h3-8H,2H2,1H3,(H,18,19).